The summed E-state index contributed by atoms with van der Waals surface area (Å²) >= 11 is 0. The zero-order valence-electron chi connectivity index (χ0n) is 10.7. The normalized spacial score (nSPS) is 9.95. The number of aldehydes is 1. The molecule has 1 rings (SSSR count). The van der Waals surface area contributed by atoms with Crippen LogP contribution in [0, 0.1) is 0 Å². The lowest BCUT2D eigenvalue weighted by Crippen LogP contribution is -2.42. The predicted molar refractivity (Wildman–Crippen MR) is 66.7 cm³/mol. The molecule has 114 valence electrons. The van der Waals surface area contributed by atoms with Gasteiger partial charge < -0.3 is 20.4 Å². The van der Waals surface area contributed by atoms with Crippen LogP contribution >= 0.6 is 0 Å². The molecule has 9 nitrogen and oxygen atoms in total. The van der Waals surface area contributed by atoms with E-state index in [0.29, 0.717) is 5.69 Å². The number of hydrogen-bond acceptors (Lipinski definition) is 6. The number of aromatic nitrogens is 1. The van der Waals surface area contributed by atoms with E-state index in [1.54, 1.807) is 24.4 Å². The summed E-state index contributed by atoms with van der Waals surface area (Å²) in [6, 6.07) is 5.21. The van der Waals surface area contributed by atoms with Crippen LogP contribution in [0.3, 0.4) is 0 Å². The maximum atomic E-state index is 10.3. The van der Waals surface area contributed by atoms with Gasteiger partial charge in [0.05, 0.1) is 12.8 Å². The Bertz CT molecular complexity index is 497. The predicted octanol–water partition coefficient (Wildman–Crippen LogP) is -0.354. The van der Waals surface area contributed by atoms with E-state index in [4.69, 9.17) is 20.4 Å². The van der Waals surface area contributed by atoms with Crippen molar-refractivity contribution in [1.29, 1.82) is 0 Å². The van der Waals surface area contributed by atoms with E-state index in [2.05, 4.69) is 4.98 Å². The topological polar surface area (TPSA) is 162 Å². The molecule has 0 unspecified atom stereocenters. The van der Waals surface area contributed by atoms with Crippen molar-refractivity contribution in [2.45, 2.75) is 18.4 Å². The maximum Gasteiger partial charge on any atom is 0.336 e. The molecule has 0 saturated heterocycles. The Hall–Kier alpha value is -2.81. The van der Waals surface area contributed by atoms with Gasteiger partial charge in [0, 0.05) is 6.20 Å². The molecule has 0 bridgehead atoms. The van der Waals surface area contributed by atoms with Crippen LogP contribution in [0.4, 0.5) is 0 Å². The fourth-order valence-corrected chi connectivity index (χ4v) is 1.16. The molecule has 0 aliphatic carbocycles. The molecule has 1 heterocycles. The second kappa shape index (κ2) is 8.38. The van der Waals surface area contributed by atoms with E-state index in [9.17, 15) is 19.2 Å². The lowest BCUT2D eigenvalue weighted by Gasteiger charge is -2.18. The van der Waals surface area contributed by atoms with Gasteiger partial charge >= 0.3 is 17.9 Å². The van der Waals surface area contributed by atoms with Crippen molar-refractivity contribution in [3.05, 3.63) is 30.1 Å². The van der Waals surface area contributed by atoms with Crippen LogP contribution in [0.2, 0.25) is 0 Å². The first kappa shape index (κ1) is 18.2. The lowest BCUT2D eigenvalue weighted by molar-refractivity contribution is -0.170. The largest absolute Gasteiger partial charge is 0.481 e. The lowest BCUT2D eigenvalue weighted by atomic mass is 9.96. The van der Waals surface area contributed by atoms with Gasteiger partial charge in [-0.3, -0.25) is 19.4 Å². The number of pyridine rings is 1. The molecule has 0 aliphatic heterocycles. The summed E-state index contributed by atoms with van der Waals surface area (Å²) in [5.41, 5.74) is -2.26. The Morgan fingerprint density at radius 1 is 1.10 bits per heavy atom. The summed E-state index contributed by atoms with van der Waals surface area (Å²) < 4.78 is 0. The van der Waals surface area contributed by atoms with Gasteiger partial charge in [-0.25, -0.2) is 4.79 Å². The van der Waals surface area contributed by atoms with Gasteiger partial charge in [0.15, 0.2) is 11.9 Å². The van der Waals surface area contributed by atoms with Crippen molar-refractivity contribution in [1.82, 2.24) is 4.98 Å². The smallest absolute Gasteiger partial charge is 0.336 e. The highest BCUT2D eigenvalue weighted by Crippen LogP contribution is 2.15. The number of carbonyl (C=O) groups is 4. The van der Waals surface area contributed by atoms with Gasteiger partial charge in [0.25, 0.3) is 0 Å². The number of rotatable bonds is 6. The zero-order chi connectivity index (χ0) is 16.5. The average molecular weight is 299 g/mol. The third kappa shape index (κ3) is 7.38. The van der Waals surface area contributed by atoms with Gasteiger partial charge in [0.2, 0.25) is 0 Å². The molecule has 0 atom stereocenters. The molecule has 1 aromatic heterocycles. The number of nitrogens with zero attached hydrogens (tertiary/aromatic N) is 1. The highest BCUT2D eigenvalue weighted by Gasteiger charge is 2.40. The van der Waals surface area contributed by atoms with Crippen LogP contribution in [0.25, 0.3) is 0 Å². The standard InChI is InChI=1S/C6H5NO.C6H8O7/c8-5-6-3-1-2-4-7-6;7-3(8)1-6(13,5(11)12)2-4(9)10/h1-5H;13H,1-2H2,(H,7,8)(H,9,10)(H,11,12). The van der Waals surface area contributed by atoms with E-state index in [1.807, 2.05) is 0 Å². The van der Waals surface area contributed by atoms with E-state index in [1.165, 1.54) is 0 Å². The number of carboxylic acids is 3. The molecule has 1 aromatic rings. The summed E-state index contributed by atoms with van der Waals surface area (Å²) in [6.07, 6.45) is 0.0208. The van der Waals surface area contributed by atoms with Crippen LogP contribution in [0.15, 0.2) is 24.4 Å². The van der Waals surface area contributed by atoms with Crippen LogP contribution < -0.4 is 0 Å². The molecular weight excluding hydrogens is 286 g/mol. The number of aliphatic hydroxyl groups is 1. The Labute approximate surface area is 118 Å². The van der Waals surface area contributed by atoms with Gasteiger partial charge in [-0.15, -0.1) is 0 Å². The summed E-state index contributed by atoms with van der Waals surface area (Å²) in [7, 11) is 0. The molecule has 0 radical (unpaired) electrons. The second-order valence-electron chi connectivity index (χ2n) is 3.85. The summed E-state index contributed by atoms with van der Waals surface area (Å²) in [5.74, 6) is -5.02. The molecule has 9 heteroatoms. The average Bonchev–Trinajstić information content (AvgIpc) is 2.38. The Morgan fingerprint density at radius 2 is 1.62 bits per heavy atom. The third-order valence-corrected chi connectivity index (χ3v) is 2.09. The van der Waals surface area contributed by atoms with Gasteiger partial charge in [-0.2, -0.15) is 0 Å². The first-order valence-corrected chi connectivity index (χ1v) is 5.47. The Morgan fingerprint density at radius 3 is 1.86 bits per heavy atom. The Balaban J connectivity index is 0.000000423. The summed E-state index contributed by atoms with van der Waals surface area (Å²) in [6.45, 7) is 0. The van der Waals surface area contributed by atoms with Gasteiger partial charge in [-0.1, -0.05) is 6.07 Å². The highest BCUT2D eigenvalue weighted by molar-refractivity contribution is 5.88. The first-order chi connectivity index (χ1) is 9.71. The molecular formula is C12H13NO8. The number of hydrogen-bond donors (Lipinski definition) is 4. The van der Waals surface area contributed by atoms with Crippen molar-refractivity contribution >= 4 is 24.2 Å². The summed E-state index contributed by atoms with van der Waals surface area (Å²) in [4.78, 5) is 44.2. The molecule has 0 saturated carbocycles. The number of carbonyl (C=O) groups excluding carboxylic acids is 1. The number of carboxylic acid groups (broad SMARTS) is 3. The summed E-state index contributed by atoms with van der Waals surface area (Å²) in [5, 5.41) is 33.8. The molecule has 0 aromatic carbocycles. The van der Waals surface area contributed by atoms with Crippen molar-refractivity contribution < 1.29 is 39.6 Å². The van der Waals surface area contributed by atoms with E-state index < -0.39 is 36.4 Å². The minimum Gasteiger partial charge on any atom is -0.481 e. The van der Waals surface area contributed by atoms with Crippen LogP contribution in [-0.2, 0) is 14.4 Å². The van der Waals surface area contributed by atoms with Crippen molar-refractivity contribution in [2.24, 2.45) is 0 Å². The van der Waals surface area contributed by atoms with E-state index >= 15 is 0 Å². The number of aliphatic carboxylic acids is 3. The van der Waals surface area contributed by atoms with Crippen molar-refractivity contribution in [3.8, 4) is 0 Å². The van der Waals surface area contributed by atoms with Gasteiger partial charge in [0.1, 0.15) is 5.69 Å². The third-order valence-electron chi connectivity index (χ3n) is 2.09. The van der Waals surface area contributed by atoms with E-state index in [0.717, 1.165) is 6.29 Å². The fourth-order valence-electron chi connectivity index (χ4n) is 1.16. The Kier molecular flexibility index (Phi) is 7.26. The minimum atomic E-state index is -2.74. The van der Waals surface area contributed by atoms with Crippen molar-refractivity contribution in [3.63, 3.8) is 0 Å². The monoisotopic (exact) mass is 299 g/mol. The first-order valence-electron chi connectivity index (χ1n) is 5.47. The van der Waals surface area contributed by atoms with Crippen LogP contribution in [0.5, 0.6) is 0 Å². The molecule has 0 amide bonds. The SMILES string of the molecule is O=C(O)CC(O)(CC(=O)O)C(=O)O.O=Cc1ccccn1. The van der Waals surface area contributed by atoms with Crippen LogP contribution in [0.1, 0.15) is 23.3 Å². The fraction of sp³-hybridized carbons (Fsp3) is 0.250. The maximum absolute atomic E-state index is 10.3. The van der Waals surface area contributed by atoms with E-state index in [-0.39, 0.29) is 0 Å². The second-order valence-corrected chi connectivity index (χ2v) is 3.85. The molecule has 21 heavy (non-hydrogen) atoms. The van der Waals surface area contributed by atoms with Gasteiger partial charge in [-0.05, 0) is 12.1 Å². The zero-order valence-corrected chi connectivity index (χ0v) is 10.7. The quantitative estimate of drug-likeness (QED) is 0.514. The molecule has 0 aliphatic rings. The molecule has 0 spiro atoms. The highest BCUT2D eigenvalue weighted by atomic mass is 16.4. The van der Waals surface area contributed by atoms with Crippen molar-refractivity contribution in [2.75, 3.05) is 0 Å². The molecule has 0 fully saturated rings. The van der Waals surface area contributed by atoms with Crippen LogP contribution in [-0.4, -0.2) is 55.2 Å². The minimum absolute atomic E-state index is 0.479. The molecule has 4 N–H and O–H groups in total.